The van der Waals surface area contributed by atoms with Gasteiger partial charge < -0.3 is 10.6 Å². The summed E-state index contributed by atoms with van der Waals surface area (Å²) in [6, 6.07) is 3.57. The molecule has 1 amide bonds. The summed E-state index contributed by atoms with van der Waals surface area (Å²) in [6.07, 6.45) is 10.2. The number of hydrogen-bond donors (Lipinski definition) is 3. The number of nitrogens with one attached hydrogen (secondary N) is 3. The molecule has 9 nitrogen and oxygen atoms in total. The van der Waals surface area contributed by atoms with Crippen molar-refractivity contribution in [2.24, 2.45) is 0 Å². The molecule has 4 heterocycles. The Bertz CT molecular complexity index is 1340. The number of carbonyl (C=O) groups excluding carboxylic acids is 1. The number of aromatic amines is 1. The standard InChI is InChI=1S/C25H29FN8O/c1-14(2)31-23-20(25(35)32-18-6-4-16(5-7-18)24-28-13-29-33-24)11-30-34-12-17(9-21(23)34)19-10-27-22(26)8-15(19)3/h8-14,16,18,31H,4-7H2,1-3H3,(H,32,35)(H,28,29,33)/t16-,18-. The molecule has 1 aliphatic carbocycles. The molecule has 1 aliphatic rings. The Kier molecular flexibility index (Phi) is 6.19. The van der Waals surface area contributed by atoms with Crippen LogP contribution in [0, 0.1) is 12.9 Å². The fourth-order valence-electron chi connectivity index (χ4n) is 4.82. The Hall–Kier alpha value is -3.82. The van der Waals surface area contributed by atoms with E-state index in [-0.39, 0.29) is 18.0 Å². The van der Waals surface area contributed by atoms with E-state index in [2.05, 4.69) is 35.9 Å². The van der Waals surface area contributed by atoms with Crippen molar-refractivity contribution in [1.82, 2.24) is 35.1 Å². The summed E-state index contributed by atoms with van der Waals surface area (Å²) in [4.78, 5) is 21.4. The van der Waals surface area contributed by atoms with Gasteiger partial charge in [-0.15, -0.1) is 0 Å². The van der Waals surface area contributed by atoms with Crippen LogP contribution in [-0.4, -0.2) is 47.8 Å². The summed E-state index contributed by atoms with van der Waals surface area (Å²) >= 11 is 0. The lowest BCUT2D eigenvalue weighted by molar-refractivity contribution is 0.0926. The molecule has 0 unspecified atom stereocenters. The zero-order chi connectivity index (χ0) is 24.5. The molecule has 0 aromatic carbocycles. The molecule has 0 saturated heterocycles. The maximum absolute atomic E-state index is 13.5. The first-order chi connectivity index (χ1) is 16.9. The number of pyridine rings is 1. The molecule has 4 aromatic heterocycles. The van der Waals surface area contributed by atoms with Crippen LogP contribution in [0.5, 0.6) is 0 Å². The number of aromatic nitrogens is 6. The monoisotopic (exact) mass is 476 g/mol. The Morgan fingerprint density at radius 1 is 1.17 bits per heavy atom. The fraction of sp³-hybridized carbons (Fsp3) is 0.400. The minimum Gasteiger partial charge on any atom is -0.380 e. The van der Waals surface area contributed by atoms with Crippen LogP contribution in [-0.2, 0) is 0 Å². The average Bonchev–Trinajstić information content (AvgIpc) is 3.50. The molecule has 0 atom stereocenters. The highest BCUT2D eigenvalue weighted by Crippen LogP contribution is 2.32. The van der Waals surface area contributed by atoms with Gasteiger partial charge in [-0.25, -0.2) is 14.5 Å². The first-order valence-corrected chi connectivity index (χ1v) is 12.0. The summed E-state index contributed by atoms with van der Waals surface area (Å²) in [5.41, 5.74) is 4.46. The van der Waals surface area contributed by atoms with Crippen LogP contribution in [0.25, 0.3) is 16.6 Å². The average molecular weight is 477 g/mol. The van der Waals surface area contributed by atoms with Gasteiger partial charge in [-0.2, -0.15) is 14.6 Å². The van der Waals surface area contributed by atoms with Crippen molar-refractivity contribution in [1.29, 1.82) is 0 Å². The van der Waals surface area contributed by atoms with Gasteiger partial charge in [-0.05, 0) is 64.2 Å². The van der Waals surface area contributed by atoms with Gasteiger partial charge in [-0.1, -0.05) is 0 Å². The molecule has 0 aliphatic heterocycles. The second-order valence-corrected chi connectivity index (χ2v) is 9.49. The summed E-state index contributed by atoms with van der Waals surface area (Å²) in [5.74, 6) is 0.522. The molecule has 3 N–H and O–H groups in total. The second-order valence-electron chi connectivity index (χ2n) is 9.49. The Morgan fingerprint density at radius 2 is 1.97 bits per heavy atom. The van der Waals surface area contributed by atoms with Crippen LogP contribution in [0.3, 0.4) is 0 Å². The highest BCUT2D eigenvalue weighted by Gasteiger charge is 2.27. The molecule has 1 fully saturated rings. The van der Waals surface area contributed by atoms with Crippen molar-refractivity contribution in [3.8, 4) is 11.1 Å². The molecule has 4 aromatic rings. The van der Waals surface area contributed by atoms with Crippen molar-refractivity contribution >= 4 is 17.1 Å². The van der Waals surface area contributed by atoms with Crippen LogP contribution in [0.2, 0.25) is 0 Å². The SMILES string of the molecule is Cc1cc(F)ncc1-c1cc2c(NC(C)C)c(C(=O)N[C@H]3CC[C@H](c4nc[nH]n4)CC3)cnn2c1. The predicted octanol–water partition coefficient (Wildman–Crippen LogP) is 4.24. The van der Waals surface area contributed by atoms with Crippen molar-refractivity contribution in [2.75, 3.05) is 5.32 Å². The fourth-order valence-corrected chi connectivity index (χ4v) is 4.82. The molecule has 1 saturated carbocycles. The highest BCUT2D eigenvalue weighted by atomic mass is 19.1. The van der Waals surface area contributed by atoms with E-state index in [9.17, 15) is 9.18 Å². The van der Waals surface area contributed by atoms with Gasteiger partial charge in [0.15, 0.2) is 5.82 Å². The minimum atomic E-state index is -0.510. The summed E-state index contributed by atoms with van der Waals surface area (Å²) < 4.78 is 15.2. The van der Waals surface area contributed by atoms with Crippen LogP contribution < -0.4 is 10.6 Å². The number of rotatable bonds is 6. The van der Waals surface area contributed by atoms with Gasteiger partial charge >= 0.3 is 0 Å². The largest absolute Gasteiger partial charge is 0.380 e. The van der Waals surface area contributed by atoms with Crippen LogP contribution >= 0.6 is 0 Å². The third-order valence-corrected chi connectivity index (χ3v) is 6.56. The van der Waals surface area contributed by atoms with E-state index in [1.165, 1.54) is 12.3 Å². The third-order valence-electron chi connectivity index (χ3n) is 6.56. The second kappa shape index (κ2) is 9.44. The normalized spacial score (nSPS) is 18.2. The molecule has 0 radical (unpaired) electrons. The number of fused-ring (bicyclic) bond motifs is 1. The Labute approximate surface area is 202 Å². The molecule has 35 heavy (non-hydrogen) atoms. The number of H-pyrrole nitrogens is 1. The molecule has 10 heteroatoms. The van der Waals surface area contributed by atoms with Crippen LogP contribution in [0.1, 0.15) is 67.2 Å². The molecule has 0 spiro atoms. The first-order valence-electron chi connectivity index (χ1n) is 12.0. The van der Waals surface area contributed by atoms with Gasteiger partial charge in [0.2, 0.25) is 5.95 Å². The predicted molar refractivity (Wildman–Crippen MR) is 131 cm³/mol. The summed E-state index contributed by atoms with van der Waals surface area (Å²) in [6.45, 7) is 5.90. The zero-order valence-corrected chi connectivity index (χ0v) is 20.0. The van der Waals surface area contributed by atoms with Gasteiger partial charge in [0.05, 0.1) is 23.0 Å². The van der Waals surface area contributed by atoms with E-state index in [4.69, 9.17) is 0 Å². The first kappa shape index (κ1) is 22.9. The molecule has 5 rings (SSSR count). The number of aryl methyl sites for hydroxylation is 1. The quantitative estimate of drug-likeness (QED) is 0.359. The number of halogens is 1. The maximum Gasteiger partial charge on any atom is 0.255 e. The Balaban J connectivity index is 1.40. The van der Waals surface area contributed by atoms with E-state index in [0.29, 0.717) is 11.5 Å². The van der Waals surface area contributed by atoms with E-state index in [1.807, 2.05) is 33.0 Å². The molecule has 182 valence electrons. The highest BCUT2D eigenvalue weighted by molar-refractivity contribution is 6.03. The number of amides is 1. The number of anilines is 1. The summed E-state index contributed by atoms with van der Waals surface area (Å²) in [7, 11) is 0. The smallest absolute Gasteiger partial charge is 0.255 e. The molecular formula is C25H29FN8O. The lowest BCUT2D eigenvalue weighted by Gasteiger charge is -2.28. The van der Waals surface area contributed by atoms with E-state index < -0.39 is 5.95 Å². The van der Waals surface area contributed by atoms with Crippen molar-refractivity contribution < 1.29 is 9.18 Å². The number of hydrogen-bond acceptors (Lipinski definition) is 6. The molecule has 0 bridgehead atoms. The van der Waals surface area contributed by atoms with Crippen molar-refractivity contribution in [3.63, 3.8) is 0 Å². The van der Waals surface area contributed by atoms with Crippen molar-refractivity contribution in [3.05, 3.63) is 59.9 Å². The van der Waals surface area contributed by atoms with Gasteiger partial charge in [0, 0.05) is 41.5 Å². The van der Waals surface area contributed by atoms with Crippen LogP contribution in [0.4, 0.5) is 10.1 Å². The summed E-state index contributed by atoms with van der Waals surface area (Å²) in [5, 5.41) is 18.1. The van der Waals surface area contributed by atoms with Gasteiger partial charge in [-0.3, -0.25) is 9.89 Å². The lowest BCUT2D eigenvalue weighted by Crippen LogP contribution is -2.38. The number of carbonyl (C=O) groups is 1. The topological polar surface area (TPSA) is 113 Å². The zero-order valence-electron chi connectivity index (χ0n) is 20.0. The third kappa shape index (κ3) is 4.73. The van der Waals surface area contributed by atoms with E-state index in [0.717, 1.165) is 59.4 Å². The minimum absolute atomic E-state index is 0.0936. The van der Waals surface area contributed by atoms with Crippen molar-refractivity contribution in [2.45, 2.75) is 64.5 Å². The lowest BCUT2D eigenvalue weighted by atomic mass is 9.85. The maximum atomic E-state index is 13.5. The number of nitrogens with zero attached hydrogens (tertiary/aromatic N) is 5. The molecular weight excluding hydrogens is 447 g/mol. The van der Waals surface area contributed by atoms with Crippen LogP contribution in [0.15, 0.2) is 37.1 Å². The van der Waals surface area contributed by atoms with Gasteiger partial charge in [0.1, 0.15) is 6.33 Å². The van der Waals surface area contributed by atoms with E-state index in [1.54, 1.807) is 17.0 Å². The van der Waals surface area contributed by atoms with E-state index >= 15 is 0 Å². The Morgan fingerprint density at radius 3 is 2.66 bits per heavy atom. The van der Waals surface area contributed by atoms with Gasteiger partial charge in [0.25, 0.3) is 5.91 Å².